The van der Waals surface area contributed by atoms with Crippen LogP contribution in [0.25, 0.3) is 10.9 Å². The van der Waals surface area contributed by atoms with Crippen molar-refractivity contribution in [1.82, 2.24) is 15.2 Å². The summed E-state index contributed by atoms with van der Waals surface area (Å²) in [4.78, 5) is 29.9. The van der Waals surface area contributed by atoms with E-state index >= 15 is 0 Å². The molecule has 5 heteroatoms. The molecule has 3 aromatic rings. The summed E-state index contributed by atoms with van der Waals surface area (Å²) in [6.07, 6.45) is 0.834. The van der Waals surface area contributed by atoms with Crippen LogP contribution in [0.3, 0.4) is 0 Å². The summed E-state index contributed by atoms with van der Waals surface area (Å²) in [5, 5.41) is 3.83. The summed E-state index contributed by atoms with van der Waals surface area (Å²) < 4.78 is 0. The molecule has 2 aromatic carbocycles. The van der Waals surface area contributed by atoms with Crippen LogP contribution in [-0.4, -0.2) is 35.3 Å². The van der Waals surface area contributed by atoms with Crippen molar-refractivity contribution in [2.75, 3.05) is 13.6 Å². The number of H-pyrrole nitrogens is 1. The van der Waals surface area contributed by atoms with E-state index in [9.17, 15) is 9.59 Å². The Morgan fingerprint density at radius 3 is 2.72 bits per heavy atom. The van der Waals surface area contributed by atoms with Gasteiger partial charge in [-0.25, -0.2) is 0 Å². The van der Waals surface area contributed by atoms with Gasteiger partial charge in [0.05, 0.1) is 6.54 Å². The third-order valence-corrected chi connectivity index (χ3v) is 4.77. The van der Waals surface area contributed by atoms with Crippen LogP contribution in [0.1, 0.15) is 32.0 Å². The van der Waals surface area contributed by atoms with Crippen molar-refractivity contribution in [1.29, 1.82) is 0 Å². The summed E-state index contributed by atoms with van der Waals surface area (Å²) in [7, 11) is 1.58. The molecule has 0 spiro atoms. The lowest BCUT2D eigenvalue weighted by atomic mass is 10.0. The number of benzene rings is 2. The lowest BCUT2D eigenvalue weighted by Crippen LogP contribution is -2.36. The zero-order valence-electron chi connectivity index (χ0n) is 14.0. The van der Waals surface area contributed by atoms with Crippen LogP contribution < -0.4 is 5.32 Å². The van der Waals surface area contributed by atoms with Gasteiger partial charge in [-0.1, -0.05) is 24.3 Å². The fourth-order valence-corrected chi connectivity index (χ4v) is 3.49. The molecule has 0 radical (unpaired) electrons. The monoisotopic (exact) mass is 333 g/mol. The second-order valence-electron chi connectivity index (χ2n) is 6.26. The van der Waals surface area contributed by atoms with Crippen molar-refractivity contribution in [3.63, 3.8) is 0 Å². The Morgan fingerprint density at radius 1 is 1.08 bits per heavy atom. The van der Waals surface area contributed by atoms with E-state index in [0.29, 0.717) is 24.2 Å². The number of para-hydroxylation sites is 1. The zero-order valence-corrected chi connectivity index (χ0v) is 14.0. The van der Waals surface area contributed by atoms with Crippen LogP contribution in [0.15, 0.2) is 48.5 Å². The number of fused-ring (bicyclic) bond motifs is 3. The molecular formula is C20H19N3O2. The Bertz CT molecular complexity index is 974. The van der Waals surface area contributed by atoms with Crippen molar-refractivity contribution >= 4 is 22.7 Å². The van der Waals surface area contributed by atoms with Gasteiger partial charge in [0, 0.05) is 41.3 Å². The minimum absolute atomic E-state index is 0.0462. The second kappa shape index (κ2) is 6.09. The highest BCUT2D eigenvalue weighted by Crippen LogP contribution is 2.28. The van der Waals surface area contributed by atoms with Crippen molar-refractivity contribution in [3.8, 4) is 0 Å². The maximum absolute atomic E-state index is 12.9. The molecule has 0 unspecified atom stereocenters. The van der Waals surface area contributed by atoms with Gasteiger partial charge in [-0.2, -0.15) is 0 Å². The van der Waals surface area contributed by atoms with E-state index in [2.05, 4.69) is 22.4 Å². The smallest absolute Gasteiger partial charge is 0.254 e. The molecule has 0 saturated carbocycles. The van der Waals surface area contributed by atoms with E-state index in [1.807, 2.05) is 17.0 Å². The molecule has 126 valence electrons. The third-order valence-electron chi connectivity index (χ3n) is 4.77. The summed E-state index contributed by atoms with van der Waals surface area (Å²) in [5.74, 6) is -0.235. The predicted octanol–water partition coefficient (Wildman–Crippen LogP) is 2.73. The maximum Gasteiger partial charge on any atom is 0.254 e. The number of rotatable bonds is 2. The molecule has 0 atom stereocenters. The second-order valence-corrected chi connectivity index (χ2v) is 6.26. The Hall–Kier alpha value is -3.08. The normalized spacial score (nSPS) is 13.6. The summed E-state index contributed by atoms with van der Waals surface area (Å²) in [5.41, 5.74) is 4.56. The molecule has 2 N–H and O–H groups in total. The van der Waals surface area contributed by atoms with Crippen LogP contribution in [0.5, 0.6) is 0 Å². The van der Waals surface area contributed by atoms with Gasteiger partial charge in [0.2, 0.25) is 0 Å². The average Bonchev–Trinajstić information content (AvgIpc) is 3.04. The van der Waals surface area contributed by atoms with Crippen molar-refractivity contribution in [2.45, 2.75) is 13.0 Å². The standard InChI is InChI=1S/C20H19N3O2/c1-21-19(24)13-5-4-6-14(11-13)20(25)23-10-9-16-15-7-2-3-8-17(15)22-18(16)12-23/h2-8,11,22H,9-10,12H2,1H3,(H,21,24). The zero-order chi connectivity index (χ0) is 17.4. The lowest BCUT2D eigenvalue weighted by molar-refractivity contribution is 0.0733. The molecule has 5 nitrogen and oxygen atoms in total. The lowest BCUT2D eigenvalue weighted by Gasteiger charge is -2.27. The summed E-state index contributed by atoms with van der Waals surface area (Å²) in [6.45, 7) is 1.24. The predicted molar refractivity (Wildman–Crippen MR) is 96.6 cm³/mol. The first-order chi connectivity index (χ1) is 12.2. The van der Waals surface area contributed by atoms with Crippen LogP contribution in [0, 0.1) is 0 Å². The fraction of sp³-hybridized carbons (Fsp3) is 0.200. The first kappa shape index (κ1) is 15.4. The molecule has 1 aromatic heterocycles. The van der Waals surface area contributed by atoms with Gasteiger partial charge in [0.25, 0.3) is 11.8 Å². The van der Waals surface area contributed by atoms with E-state index in [1.165, 1.54) is 10.9 Å². The van der Waals surface area contributed by atoms with Gasteiger partial charge in [0.15, 0.2) is 0 Å². The molecule has 2 heterocycles. The molecule has 0 bridgehead atoms. The molecule has 0 fully saturated rings. The number of aromatic nitrogens is 1. The van der Waals surface area contributed by atoms with E-state index < -0.39 is 0 Å². The SMILES string of the molecule is CNC(=O)c1cccc(C(=O)N2CCc3c([nH]c4ccccc34)C2)c1. The summed E-state index contributed by atoms with van der Waals surface area (Å²) >= 11 is 0. The van der Waals surface area contributed by atoms with Gasteiger partial charge < -0.3 is 15.2 Å². The minimum atomic E-state index is -0.189. The molecule has 1 aliphatic rings. The highest BCUT2D eigenvalue weighted by molar-refractivity contribution is 5.99. The van der Waals surface area contributed by atoms with E-state index in [1.54, 1.807) is 31.3 Å². The van der Waals surface area contributed by atoms with E-state index in [0.717, 1.165) is 17.6 Å². The van der Waals surface area contributed by atoms with Gasteiger partial charge in [0.1, 0.15) is 0 Å². The van der Waals surface area contributed by atoms with E-state index in [4.69, 9.17) is 0 Å². The van der Waals surface area contributed by atoms with Gasteiger partial charge >= 0.3 is 0 Å². The molecule has 25 heavy (non-hydrogen) atoms. The highest BCUT2D eigenvalue weighted by atomic mass is 16.2. The number of nitrogens with one attached hydrogen (secondary N) is 2. The minimum Gasteiger partial charge on any atom is -0.357 e. The number of nitrogens with zero attached hydrogens (tertiary/aromatic N) is 1. The molecular weight excluding hydrogens is 314 g/mol. The number of amides is 2. The fourth-order valence-electron chi connectivity index (χ4n) is 3.49. The molecule has 1 aliphatic heterocycles. The Labute approximate surface area is 145 Å². The number of carbonyl (C=O) groups is 2. The van der Waals surface area contributed by atoms with Crippen molar-refractivity contribution in [2.24, 2.45) is 0 Å². The van der Waals surface area contributed by atoms with Crippen LogP contribution >= 0.6 is 0 Å². The Balaban J connectivity index is 1.61. The first-order valence-electron chi connectivity index (χ1n) is 8.37. The number of hydrogen-bond acceptors (Lipinski definition) is 2. The number of aromatic amines is 1. The maximum atomic E-state index is 12.9. The topological polar surface area (TPSA) is 65.2 Å². The summed E-state index contributed by atoms with van der Waals surface area (Å²) in [6, 6.07) is 15.1. The van der Waals surface area contributed by atoms with Crippen LogP contribution in [-0.2, 0) is 13.0 Å². The molecule has 0 saturated heterocycles. The van der Waals surface area contributed by atoms with Gasteiger partial charge in [-0.15, -0.1) is 0 Å². The Kier molecular flexibility index (Phi) is 3.76. The molecule has 4 rings (SSSR count). The average molecular weight is 333 g/mol. The first-order valence-corrected chi connectivity index (χ1v) is 8.37. The molecule has 0 aliphatic carbocycles. The quantitative estimate of drug-likeness (QED) is 0.757. The van der Waals surface area contributed by atoms with Crippen LogP contribution in [0.2, 0.25) is 0 Å². The van der Waals surface area contributed by atoms with Gasteiger partial charge in [-0.3, -0.25) is 9.59 Å². The number of hydrogen-bond donors (Lipinski definition) is 2. The van der Waals surface area contributed by atoms with Crippen molar-refractivity contribution < 1.29 is 9.59 Å². The largest absolute Gasteiger partial charge is 0.357 e. The molecule has 2 amide bonds. The highest BCUT2D eigenvalue weighted by Gasteiger charge is 2.24. The third kappa shape index (κ3) is 2.67. The Morgan fingerprint density at radius 2 is 1.88 bits per heavy atom. The number of carbonyl (C=O) groups excluding carboxylic acids is 2. The van der Waals surface area contributed by atoms with E-state index in [-0.39, 0.29) is 11.8 Å². The van der Waals surface area contributed by atoms with Crippen molar-refractivity contribution in [3.05, 3.63) is 70.9 Å². The van der Waals surface area contributed by atoms with Crippen LogP contribution in [0.4, 0.5) is 0 Å². The van der Waals surface area contributed by atoms with Gasteiger partial charge in [-0.05, 0) is 36.2 Å².